The molecular weight excluding hydrogens is 394 g/mol. The first-order valence-electron chi connectivity index (χ1n) is 10.6. The summed E-state index contributed by atoms with van der Waals surface area (Å²) in [5.74, 6) is 1.50. The fraction of sp³-hybridized carbons (Fsp3) is 0.348. The molecule has 4 aromatic rings. The van der Waals surface area contributed by atoms with E-state index >= 15 is 0 Å². The van der Waals surface area contributed by atoms with Gasteiger partial charge in [0.25, 0.3) is 0 Å². The topological polar surface area (TPSA) is 64.9 Å². The predicted molar refractivity (Wildman–Crippen MR) is 121 cm³/mol. The summed E-state index contributed by atoms with van der Waals surface area (Å²) in [6.07, 6.45) is 13.9. The number of thiazole rings is 1. The Kier molecular flexibility index (Phi) is 5.36. The molecule has 0 spiro atoms. The summed E-state index contributed by atoms with van der Waals surface area (Å²) in [4.78, 5) is 9.09. The lowest BCUT2D eigenvalue weighted by Gasteiger charge is -2.22. The number of aryl methyl sites for hydroxylation is 1. The second-order valence-corrected chi connectivity index (χ2v) is 8.75. The van der Waals surface area contributed by atoms with E-state index in [2.05, 4.69) is 28.4 Å². The lowest BCUT2D eigenvalue weighted by atomic mass is 9.96. The molecule has 5 rings (SSSR count). The van der Waals surface area contributed by atoms with Crippen molar-refractivity contribution in [3.8, 4) is 22.6 Å². The molecule has 3 aromatic heterocycles. The maximum Gasteiger partial charge on any atom is 0.184 e. The first kappa shape index (κ1) is 19.1. The van der Waals surface area contributed by atoms with Crippen molar-refractivity contribution in [3.63, 3.8) is 0 Å². The van der Waals surface area contributed by atoms with E-state index in [1.54, 1.807) is 17.5 Å². The average molecular weight is 420 g/mol. The van der Waals surface area contributed by atoms with Crippen molar-refractivity contribution in [2.24, 2.45) is 0 Å². The normalized spacial score (nSPS) is 14.8. The molecule has 1 fully saturated rings. The molecule has 154 valence electrons. The lowest BCUT2D eigenvalue weighted by molar-refractivity contribution is 0.462. The summed E-state index contributed by atoms with van der Waals surface area (Å²) in [5, 5.41) is 8.97. The molecule has 7 heteroatoms. The van der Waals surface area contributed by atoms with Gasteiger partial charge in [0.2, 0.25) is 0 Å². The van der Waals surface area contributed by atoms with Crippen molar-refractivity contribution in [2.75, 3.05) is 5.32 Å². The van der Waals surface area contributed by atoms with Crippen LogP contribution in [0.3, 0.4) is 0 Å². The zero-order valence-corrected chi connectivity index (χ0v) is 17.9. The highest BCUT2D eigenvalue weighted by molar-refractivity contribution is 7.22. The third kappa shape index (κ3) is 4.16. The summed E-state index contributed by atoms with van der Waals surface area (Å²) in [6.45, 7) is 2.91. The van der Waals surface area contributed by atoms with Crippen LogP contribution in [0.1, 0.15) is 39.0 Å². The van der Waals surface area contributed by atoms with E-state index in [9.17, 15) is 0 Å². The van der Waals surface area contributed by atoms with Crippen molar-refractivity contribution >= 4 is 26.7 Å². The fourth-order valence-electron chi connectivity index (χ4n) is 3.91. The van der Waals surface area contributed by atoms with E-state index in [1.807, 2.05) is 41.5 Å². The third-order valence-electron chi connectivity index (χ3n) is 5.53. The summed E-state index contributed by atoms with van der Waals surface area (Å²) >= 11 is 1.69. The van der Waals surface area contributed by atoms with Gasteiger partial charge in [-0.1, -0.05) is 30.6 Å². The number of aromatic nitrogens is 4. The van der Waals surface area contributed by atoms with Gasteiger partial charge in [-0.05, 0) is 38.0 Å². The number of pyridine rings is 1. The van der Waals surface area contributed by atoms with E-state index in [1.165, 1.54) is 32.1 Å². The minimum Gasteiger partial charge on any atom is -0.456 e. The molecule has 1 aliphatic carbocycles. The number of fused-ring (bicyclic) bond motifs is 1. The Balaban J connectivity index is 1.33. The largest absolute Gasteiger partial charge is 0.456 e. The van der Waals surface area contributed by atoms with Crippen LogP contribution in [-0.2, 0) is 6.54 Å². The summed E-state index contributed by atoms with van der Waals surface area (Å²) in [6, 6.07) is 8.60. The molecule has 0 unspecified atom stereocenters. The van der Waals surface area contributed by atoms with Gasteiger partial charge < -0.3 is 10.1 Å². The van der Waals surface area contributed by atoms with E-state index in [4.69, 9.17) is 9.72 Å². The number of hydrogen-bond acceptors (Lipinski definition) is 6. The standard InChI is InChI=1S/C23H25N5OS/c1-2-28-15-17(13-25-28)16-10-20(14-24-12-16)29-19-8-9-21-22(11-19)30-23(27-21)26-18-6-4-3-5-7-18/h8-15,18H,2-7H2,1H3,(H,26,27). The molecule has 0 saturated heterocycles. The van der Waals surface area contributed by atoms with Gasteiger partial charge in [-0.2, -0.15) is 5.10 Å². The number of ether oxygens (including phenoxy) is 1. The third-order valence-corrected chi connectivity index (χ3v) is 6.48. The predicted octanol–water partition coefficient (Wildman–Crippen LogP) is 6.11. The second kappa shape index (κ2) is 8.44. The fourth-order valence-corrected chi connectivity index (χ4v) is 4.88. The molecule has 1 saturated carbocycles. The summed E-state index contributed by atoms with van der Waals surface area (Å²) < 4.78 is 9.14. The molecular formula is C23H25N5OS. The van der Waals surface area contributed by atoms with Crippen LogP contribution < -0.4 is 10.1 Å². The van der Waals surface area contributed by atoms with E-state index in [0.29, 0.717) is 11.8 Å². The van der Waals surface area contributed by atoms with Crippen molar-refractivity contribution < 1.29 is 4.74 Å². The molecule has 30 heavy (non-hydrogen) atoms. The van der Waals surface area contributed by atoms with Crippen molar-refractivity contribution in [1.29, 1.82) is 0 Å². The van der Waals surface area contributed by atoms with Gasteiger partial charge in [-0.15, -0.1) is 0 Å². The smallest absolute Gasteiger partial charge is 0.184 e. The Morgan fingerprint density at radius 1 is 1.07 bits per heavy atom. The van der Waals surface area contributed by atoms with E-state index in [-0.39, 0.29) is 0 Å². The SMILES string of the molecule is CCn1cc(-c2cncc(Oc3ccc4nc(NC5CCCCC5)sc4c3)c2)cn1. The van der Waals surface area contributed by atoms with Crippen LogP contribution in [0.15, 0.2) is 49.1 Å². The van der Waals surface area contributed by atoms with E-state index < -0.39 is 0 Å². The van der Waals surface area contributed by atoms with Gasteiger partial charge in [0.15, 0.2) is 5.13 Å². The molecule has 3 heterocycles. The molecule has 0 radical (unpaired) electrons. The zero-order valence-electron chi connectivity index (χ0n) is 17.0. The first-order chi connectivity index (χ1) is 14.8. The Hall–Kier alpha value is -2.93. The van der Waals surface area contributed by atoms with Crippen LogP contribution in [0.2, 0.25) is 0 Å². The Morgan fingerprint density at radius 2 is 1.97 bits per heavy atom. The molecule has 1 N–H and O–H groups in total. The number of rotatable bonds is 6. The number of hydrogen-bond donors (Lipinski definition) is 1. The van der Waals surface area contributed by atoms with Crippen molar-refractivity contribution in [1.82, 2.24) is 19.7 Å². The molecule has 0 amide bonds. The highest BCUT2D eigenvalue weighted by atomic mass is 32.1. The van der Waals surface area contributed by atoms with Gasteiger partial charge in [0, 0.05) is 42.2 Å². The number of nitrogens with one attached hydrogen (secondary N) is 1. The molecule has 0 bridgehead atoms. The Bertz CT molecular complexity index is 1150. The Morgan fingerprint density at radius 3 is 2.80 bits per heavy atom. The number of anilines is 1. The van der Waals surface area contributed by atoms with Gasteiger partial charge in [0.1, 0.15) is 11.5 Å². The minimum atomic E-state index is 0.556. The Labute approximate surface area is 179 Å². The highest BCUT2D eigenvalue weighted by Gasteiger charge is 2.15. The van der Waals surface area contributed by atoms with Gasteiger partial charge in [-0.3, -0.25) is 9.67 Å². The number of benzene rings is 1. The minimum absolute atomic E-state index is 0.556. The van der Waals surface area contributed by atoms with Crippen LogP contribution in [-0.4, -0.2) is 25.8 Å². The van der Waals surface area contributed by atoms with Crippen LogP contribution in [0.4, 0.5) is 5.13 Å². The highest BCUT2D eigenvalue weighted by Crippen LogP contribution is 2.33. The maximum absolute atomic E-state index is 6.11. The summed E-state index contributed by atoms with van der Waals surface area (Å²) in [7, 11) is 0. The number of nitrogens with zero attached hydrogens (tertiary/aromatic N) is 4. The molecule has 6 nitrogen and oxygen atoms in total. The zero-order chi connectivity index (χ0) is 20.3. The second-order valence-electron chi connectivity index (χ2n) is 7.72. The first-order valence-corrected chi connectivity index (χ1v) is 11.4. The molecule has 1 aliphatic rings. The van der Waals surface area contributed by atoms with Crippen LogP contribution in [0.5, 0.6) is 11.5 Å². The van der Waals surface area contributed by atoms with Gasteiger partial charge in [0.05, 0.1) is 22.6 Å². The lowest BCUT2D eigenvalue weighted by Crippen LogP contribution is -2.21. The summed E-state index contributed by atoms with van der Waals surface area (Å²) in [5.41, 5.74) is 3.03. The quantitative estimate of drug-likeness (QED) is 0.408. The van der Waals surface area contributed by atoms with Crippen LogP contribution in [0.25, 0.3) is 21.3 Å². The molecule has 0 atom stereocenters. The van der Waals surface area contributed by atoms with Crippen molar-refractivity contribution in [2.45, 2.75) is 51.6 Å². The average Bonchev–Trinajstić information content (AvgIpc) is 3.41. The van der Waals surface area contributed by atoms with Crippen LogP contribution in [0, 0.1) is 0 Å². The molecule has 0 aliphatic heterocycles. The monoisotopic (exact) mass is 419 g/mol. The molecule has 1 aromatic carbocycles. The van der Waals surface area contributed by atoms with Gasteiger partial charge in [-0.25, -0.2) is 4.98 Å². The van der Waals surface area contributed by atoms with Crippen molar-refractivity contribution in [3.05, 3.63) is 49.1 Å². The van der Waals surface area contributed by atoms with E-state index in [0.717, 1.165) is 38.8 Å². The van der Waals surface area contributed by atoms with Crippen LogP contribution >= 0.6 is 11.3 Å². The maximum atomic E-state index is 6.11. The van der Waals surface area contributed by atoms with Gasteiger partial charge >= 0.3 is 0 Å².